The van der Waals surface area contributed by atoms with E-state index >= 15 is 0 Å². The number of nitrogens with one attached hydrogen (secondary N) is 2. The lowest BCUT2D eigenvalue weighted by atomic mass is 10.0. The van der Waals surface area contributed by atoms with Gasteiger partial charge in [-0.15, -0.1) is 0 Å². The van der Waals surface area contributed by atoms with Crippen LogP contribution in [0.2, 0.25) is 10.0 Å². The van der Waals surface area contributed by atoms with Crippen LogP contribution in [0.1, 0.15) is 29.8 Å². The lowest BCUT2D eigenvalue weighted by Crippen LogP contribution is -2.34. The van der Waals surface area contributed by atoms with Gasteiger partial charge in [-0.2, -0.15) is 0 Å². The Morgan fingerprint density at radius 3 is 2.43 bits per heavy atom. The summed E-state index contributed by atoms with van der Waals surface area (Å²) in [5, 5.41) is 7.41. The summed E-state index contributed by atoms with van der Waals surface area (Å²) in [6.45, 7) is 3.96. The first-order valence-electron chi connectivity index (χ1n) is 7.04. The number of thiocarbonyl (C=S) groups is 1. The summed E-state index contributed by atoms with van der Waals surface area (Å²) in [7, 11) is 0. The van der Waals surface area contributed by atoms with Gasteiger partial charge < -0.3 is 10.6 Å². The molecule has 2 aromatic carbocycles. The van der Waals surface area contributed by atoms with Crippen molar-refractivity contribution in [2.24, 2.45) is 0 Å². The molecule has 120 valence electrons. The van der Waals surface area contributed by atoms with E-state index < -0.39 is 0 Å². The number of carbonyl (C=O) groups is 1. The van der Waals surface area contributed by atoms with Crippen molar-refractivity contribution in [2.45, 2.75) is 19.9 Å². The average Bonchev–Trinajstić information content (AvgIpc) is 2.48. The van der Waals surface area contributed by atoms with E-state index in [0.29, 0.717) is 32.0 Å². The van der Waals surface area contributed by atoms with Crippen molar-refractivity contribution in [2.75, 3.05) is 5.32 Å². The maximum atomic E-state index is 12.8. The first kappa shape index (κ1) is 17.7. The Bertz CT molecular complexity index is 747. The molecule has 2 rings (SSSR count). The predicted molar refractivity (Wildman–Crippen MR) is 101 cm³/mol. The van der Waals surface area contributed by atoms with Gasteiger partial charge in [0.2, 0.25) is 0 Å². The van der Waals surface area contributed by atoms with Crippen LogP contribution >= 0.6 is 35.4 Å². The van der Waals surface area contributed by atoms with Crippen molar-refractivity contribution in [1.82, 2.24) is 5.32 Å². The number of benzene rings is 2. The maximum absolute atomic E-state index is 12.8. The van der Waals surface area contributed by atoms with Crippen LogP contribution < -0.4 is 10.6 Å². The predicted octanol–water partition coefficient (Wildman–Crippen LogP) is 4.92. The summed E-state index contributed by atoms with van der Waals surface area (Å²) in [6.07, 6.45) is 0. The van der Waals surface area contributed by atoms with Crippen LogP contribution in [0.3, 0.4) is 0 Å². The molecule has 0 bridgehead atoms. The molecule has 0 unspecified atom stereocenters. The summed E-state index contributed by atoms with van der Waals surface area (Å²) < 4.78 is 0. The van der Waals surface area contributed by atoms with Gasteiger partial charge in [-0.05, 0) is 56.4 Å². The van der Waals surface area contributed by atoms with E-state index in [2.05, 4.69) is 10.6 Å². The van der Waals surface area contributed by atoms with Crippen molar-refractivity contribution in [3.8, 4) is 0 Å². The van der Waals surface area contributed by atoms with E-state index in [0.717, 1.165) is 0 Å². The molecule has 6 heteroatoms. The van der Waals surface area contributed by atoms with Gasteiger partial charge in [0.15, 0.2) is 10.9 Å². The molecule has 0 saturated heterocycles. The van der Waals surface area contributed by atoms with E-state index in [9.17, 15) is 4.79 Å². The minimum Gasteiger partial charge on any atom is -0.360 e. The van der Waals surface area contributed by atoms with Crippen LogP contribution in [0.15, 0.2) is 42.5 Å². The molecular weight excluding hydrogens is 351 g/mol. The van der Waals surface area contributed by atoms with Crippen molar-refractivity contribution in [3.63, 3.8) is 0 Å². The Morgan fingerprint density at radius 2 is 1.78 bits per heavy atom. The summed E-state index contributed by atoms with van der Waals surface area (Å²) in [6, 6.07) is 12.1. The number of anilines is 1. The number of carbonyl (C=O) groups excluding carboxylic acids is 1. The third-order valence-corrected chi connectivity index (χ3v) is 3.80. The Hall–Kier alpha value is -1.62. The molecule has 0 aliphatic carbocycles. The van der Waals surface area contributed by atoms with Crippen LogP contribution in [0.5, 0.6) is 0 Å². The van der Waals surface area contributed by atoms with Gasteiger partial charge >= 0.3 is 0 Å². The van der Waals surface area contributed by atoms with Crippen LogP contribution in [0.25, 0.3) is 0 Å². The fraction of sp³-hybridized carbons (Fsp3) is 0.176. The SMILES string of the molecule is CC(C)NC(=S)Nc1ccc(Cl)cc1C(=O)c1ccccc1Cl. The van der Waals surface area contributed by atoms with Crippen molar-refractivity contribution < 1.29 is 4.79 Å². The molecule has 0 radical (unpaired) electrons. The zero-order chi connectivity index (χ0) is 17.0. The Balaban J connectivity index is 2.38. The molecule has 3 nitrogen and oxygen atoms in total. The molecule has 0 fully saturated rings. The largest absolute Gasteiger partial charge is 0.360 e. The zero-order valence-electron chi connectivity index (χ0n) is 12.7. The highest BCUT2D eigenvalue weighted by Gasteiger charge is 2.17. The van der Waals surface area contributed by atoms with Gasteiger partial charge in [0.1, 0.15) is 0 Å². The molecule has 2 N–H and O–H groups in total. The highest BCUT2D eigenvalue weighted by atomic mass is 35.5. The van der Waals surface area contributed by atoms with E-state index in [-0.39, 0.29) is 11.8 Å². The first-order valence-corrected chi connectivity index (χ1v) is 8.21. The second kappa shape index (κ2) is 7.77. The molecule has 23 heavy (non-hydrogen) atoms. The second-order valence-corrected chi connectivity index (χ2v) is 6.50. The van der Waals surface area contributed by atoms with Crippen molar-refractivity contribution in [3.05, 3.63) is 63.6 Å². The van der Waals surface area contributed by atoms with Crippen molar-refractivity contribution >= 4 is 52.0 Å². The first-order chi connectivity index (χ1) is 10.9. The number of ketones is 1. The van der Waals surface area contributed by atoms with Crippen molar-refractivity contribution in [1.29, 1.82) is 0 Å². The molecule has 0 aromatic heterocycles. The van der Waals surface area contributed by atoms with Gasteiger partial charge in [-0.25, -0.2) is 0 Å². The summed E-state index contributed by atoms with van der Waals surface area (Å²) >= 11 is 17.4. The minimum atomic E-state index is -0.215. The minimum absolute atomic E-state index is 0.185. The molecule has 0 spiro atoms. The third-order valence-electron chi connectivity index (χ3n) is 3.01. The molecule has 0 atom stereocenters. The highest BCUT2D eigenvalue weighted by molar-refractivity contribution is 7.80. The average molecular weight is 367 g/mol. The number of halogens is 2. The lowest BCUT2D eigenvalue weighted by Gasteiger charge is -2.16. The molecule has 2 aromatic rings. The highest BCUT2D eigenvalue weighted by Crippen LogP contribution is 2.26. The Labute approximate surface area is 151 Å². The molecule has 0 heterocycles. The maximum Gasteiger partial charge on any atom is 0.196 e. The molecule has 0 aliphatic heterocycles. The summed E-state index contributed by atoms with van der Waals surface area (Å²) in [5.74, 6) is -0.215. The van der Waals surface area contributed by atoms with Crippen LogP contribution in [0, 0.1) is 0 Å². The Morgan fingerprint density at radius 1 is 1.09 bits per heavy atom. The normalized spacial score (nSPS) is 10.5. The number of rotatable bonds is 4. The van der Waals surface area contributed by atoms with Crippen LogP contribution in [-0.2, 0) is 0 Å². The van der Waals surface area contributed by atoms with E-state index in [1.165, 1.54) is 0 Å². The van der Waals surface area contributed by atoms with Crippen LogP contribution in [0.4, 0.5) is 5.69 Å². The zero-order valence-corrected chi connectivity index (χ0v) is 15.0. The van der Waals surface area contributed by atoms with Crippen LogP contribution in [-0.4, -0.2) is 16.9 Å². The van der Waals surface area contributed by atoms with E-state index in [1.54, 1.807) is 42.5 Å². The fourth-order valence-corrected chi connectivity index (χ4v) is 2.76. The third kappa shape index (κ3) is 4.67. The Kier molecular flexibility index (Phi) is 5.99. The van der Waals surface area contributed by atoms with Gasteiger partial charge in [-0.3, -0.25) is 4.79 Å². The number of hydrogen-bond donors (Lipinski definition) is 2. The van der Waals surface area contributed by atoms with Gasteiger partial charge in [0.25, 0.3) is 0 Å². The summed E-state index contributed by atoms with van der Waals surface area (Å²) in [5.41, 5.74) is 1.41. The lowest BCUT2D eigenvalue weighted by molar-refractivity contribution is 0.103. The molecule has 0 amide bonds. The van der Waals surface area contributed by atoms with E-state index in [4.69, 9.17) is 35.4 Å². The topological polar surface area (TPSA) is 41.1 Å². The fourth-order valence-electron chi connectivity index (χ4n) is 2.02. The summed E-state index contributed by atoms with van der Waals surface area (Å²) in [4.78, 5) is 12.8. The van der Waals surface area contributed by atoms with Gasteiger partial charge in [-0.1, -0.05) is 35.3 Å². The smallest absolute Gasteiger partial charge is 0.196 e. The quantitative estimate of drug-likeness (QED) is 0.595. The molecular formula is C17H16Cl2N2OS. The molecule has 0 aliphatic rings. The molecule has 0 saturated carbocycles. The van der Waals surface area contributed by atoms with E-state index in [1.807, 2.05) is 13.8 Å². The number of hydrogen-bond acceptors (Lipinski definition) is 2. The standard InChI is InChI=1S/C17H16Cl2N2OS/c1-10(2)20-17(23)21-15-8-7-11(18)9-13(15)16(22)12-5-3-4-6-14(12)19/h3-10H,1-2H3,(H2,20,21,23). The van der Waals surface area contributed by atoms with Gasteiger partial charge in [0.05, 0.1) is 10.7 Å². The monoisotopic (exact) mass is 366 g/mol. The second-order valence-electron chi connectivity index (χ2n) is 5.25. The van der Waals surface area contributed by atoms with Gasteiger partial charge in [0, 0.05) is 22.2 Å².